The van der Waals surface area contributed by atoms with Crippen LogP contribution >= 0.6 is 0 Å². The van der Waals surface area contributed by atoms with Crippen molar-refractivity contribution in [1.29, 1.82) is 0 Å². The van der Waals surface area contributed by atoms with E-state index in [1.54, 1.807) is 12.1 Å². The van der Waals surface area contributed by atoms with Crippen LogP contribution in [0.15, 0.2) is 30.3 Å². The van der Waals surface area contributed by atoms with Gasteiger partial charge in [-0.25, -0.2) is 4.39 Å². The normalized spacial score (nSPS) is 15.8. The van der Waals surface area contributed by atoms with Crippen LogP contribution < -0.4 is 0 Å². The second-order valence-electron chi connectivity index (χ2n) is 5.20. The van der Waals surface area contributed by atoms with E-state index < -0.39 is 0 Å². The fourth-order valence-corrected chi connectivity index (χ4v) is 2.27. The third-order valence-electron chi connectivity index (χ3n) is 3.52. The topological polar surface area (TPSA) is 23.6 Å². The molecule has 3 nitrogen and oxygen atoms in total. The molecule has 0 bridgehead atoms. The molecule has 1 heterocycles. The summed E-state index contributed by atoms with van der Waals surface area (Å²) in [4.78, 5) is 15.6. The van der Waals surface area contributed by atoms with Gasteiger partial charge in [0.1, 0.15) is 5.82 Å². The standard InChI is InChI=1S/C16H21FN2O/c1-18(12-13-19-11-3-5-16(19)20)10-2-4-14-6-8-15(17)9-7-14/h2,4,6-9H,3,5,10-13H2,1H3. The van der Waals surface area contributed by atoms with Crippen molar-refractivity contribution in [2.45, 2.75) is 12.8 Å². The fraction of sp³-hybridized carbons (Fsp3) is 0.438. The summed E-state index contributed by atoms with van der Waals surface area (Å²) < 4.78 is 12.8. The smallest absolute Gasteiger partial charge is 0.222 e. The van der Waals surface area contributed by atoms with Gasteiger partial charge < -0.3 is 9.80 Å². The van der Waals surface area contributed by atoms with Gasteiger partial charge in [-0.05, 0) is 31.2 Å². The Labute approximate surface area is 119 Å². The summed E-state index contributed by atoms with van der Waals surface area (Å²) in [6.07, 6.45) is 5.73. The molecule has 1 amide bonds. The molecule has 0 spiro atoms. The van der Waals surface area contributed by atoms with E-state index in [2.05, 4.69) is 11.0 Å². The van der Waals surface area contributed by atoms with E-state index in [0.29, 0.717) is 6.42 Å². The van der Waals surface area contributed by atoms with E-state index in [1.165, 1.54) is 12.1 Å². The summed E-state index contributed by atoms with van der Waals surface area (Å²) in [5, 5.41) is 0. The Balaban J connectivity index is 1.70. The quantitative estimate of drug-likeness (QED) is 0.796. The lowest BCUT2D eigenvalue weighted by Crippen LogP contribution is -2.34. The molecule has 0 aliphatic carbocycles. The van der Waals surface area contributed by atoms with Crippen LogP contribution in [-0.4, -0.2) is 48.9 Å². The molecule has 0 atom stereocenters. The van der Waals surface area contributed by atoms with E-state index in [0.717, 1.165) is 38.2 Å². The molecule has 1 aromatic rings. The van der Waals surface area contributed by atoms with Crippen LogP contribution in [0.2, 0.25) is 0 Å². The first-order chi connectivity index (χ1) is 9.65. The van der Waals surface area contributed by atoms with Crippen LogP contribution in [0.4, 0.5) is 4.39 Å². The number of carbonyl (C=O) groups is 1. The molecule has 0 aromatic heterocycles. The predicted octanol–water partition coefficient (Wildman–Crippen LogP) is 2.39. The number of hydrogen-bond donors (Lipinski definition) is 0. The van der Waals surface area contributed by atoms with Gasteiger partial charge in [-0.1, -0.05) is 24.3 Å². The van der Waals surface area contributed by atoms with Crippen molar-refractivity contribution in [1.82, 2.24) is 9.80 Å². The van der Waals surface area contributed by atoms with Crippen LogP contribution in [0.1, 0.15) is 18.4 Å². The maximum Gasteiger partial charge on any atom is 0.222 e. The SMILES string of the molecule is CN(CC=Cc1ccc(F)cc1)CCN1CCCC1=O. The van der Waals surface area contributed by atoms with E-state index in [4.69, 9.17) is 0 Å². The maximum absolute atomic E-state index is 12.8. The molecular weight excluding hydrogens is 255 g/mol. The first-order valence-electron chi connectivity index (χ1n) is 7.03. The Morgan fingerprint density at radius 3 is 2.75 bits per heavy atom. The zero-order valence-electron chi connectivity index (χ0n) is 11.9. The van der Waals surface area contributed by atoms with E-state index in [9.17, 15) is 9.18 Å². The number of rotatable bonds is 6. The zero-order valence-corrected chi connectivity index (χ0v) is 11.9. The number of hydrogen-bond acceptors (Lipinski definition) is 2. The average Bonchev–Trinajstić information content (AvgIpc) is 2.84. The van der Waals surface area contributed by atoms with Gasteiger partial charge in [0, 0.05) is 32.6 Å². The summed E-state index contributed by atoms with van der Waals surface area (Å²) in [5.74, 6) is 0.0646. The van der Waals surface area contributed by atoms with Gasteiger partial charge in [-0.15, -0.1) is 0 Å². The van der Waals surface area contributed by atoms with Gasteiger partial charge in [-0.3, -0.25) is 4.79 Å². The molecule has 1 saturated heterocycles. The lowest BCUT2D eigenvalue weighted by molar-refractivity contribution is -0.127. The summed E-state index contributed by atoms with van der Waals surface area (Å²) in [7, 11) is 2.04. The van der Waals surface area contributed by atoms with E-state index in [-0.39, 0.29) is 11.7 Å². The Bertz CT molecular complexity index is 470. The minimum absolute atomic E-state index is 0.213. The van der Waals surface area contributed by atoms with Gasteiger partial charge in [0.25, 0.3) is 0 Å². The fourth-order valence-electron chi connectivity index (χ4n) is 2.27. The Morgan fingerprint density at radius 1 is 1.35 bits per heavy atom. The van der Waals surface area contributed by atoms with E-state index in [1.807, 2.05) is 18.0 Å². The van der Waals surface area contributed by atoms with Gasteiger partial charge in [0.05, 0.1) is 0 Å². The Morgan fingerprint density at radius 2 is 2.10 bits per heavy atom. The first-order valence-corrected chi connectivity index (χ1v) is 7.03. The minimum Gasteiger partial charge on any atom is -0.341 e. The van der Waals surface area contributed by atoms with E-state index >= 15 is 0 Å². The summed E-state index contributed by atoms with van der Waals surface area (Å²) >= 11 is 0. The largest absolute Gasteiger partial charge is 0.341 e. The molecule has 1 aliphatic rings. The first kappa shape index (κ1) is 14.7. The molecule has 20 heavy (non-hydrogen) atoms. The predicted molar refractivity (Wildman–Crippen MR) is 78.7 cm³/mol. The highest BCUT2D eigenvalue weighted by molar-refractivity contribution is 5.78. The molecule has 1 fully saturated rings. The van der Waals surface area contributed by atoms with Crippen molar-refractivity contribution < 1.29 is 9.18 Å². The number of benzene rings is 1. The van der Waals surface area contributed by atoms with Gasteiger partial charge in [0.2, 0.25) is 5.91 Å². The molecule has 0 saturated carbocycles. The van der Waals surface area contributed by atoms with Crippen LogP contribution in [0.25, 0.3) is 6.08 Å². The van der Waals surface area contributed by atoms with Crippen LogP contribution in [0, 0.1) is 5.82 Å². The minimum atomic E-state index is -0.213. The lowest BCUT2D eigenvalue weighted by Gasteiger charge is -2.20. The third-order valence-corrected chi connectivity index (χ3v) is 3.52. The van der Waals surface area contributed by atoms with Crippen LogP contribution in [0.3, 0.4) is 0 Å². The molecule has 0 radical (unpaired) electrons. The number of halogens is 1. The molecule has 108 valence electrons. The second-order valence-corrected chi connectivity index (χ2v) is 5.20. The highest BCUT2D eigenvalue weighted by Gasteiger charge is 2.19. The maximum atomic E-state index is 12.8. The van der Waals surface area contributed by atoms with Crippen molar-refractivity contribution >= 4 is 12.0 Å². The average molecular weight is 276 g/mol. The highest BCUT2D eigenvalue weighted by atomic mass is 19.1. The lowest BCUT2D eigenvalue weighted by atomic mass is 10.2. The van der Waals surface area contributed by atoms with Gasteiger partial charge in [0.15, 0.2) is 0 Å². The molecular formula is C16H21FN2O. The Hall–Kier alpha value is -1.68. The summed E-state index contributed by atoms with van der Waals surface area (Å²) in [6, 6.07) is 6.44. The van der Waals surface area contributed by atoms with Crippen LogP contribution in [-0.2, 0) is 4.79 Å². The van der Waals surface area contributed by atoms with Gasteiger partial charge in [-0.2, -0.15) is 0 Å². The molecule has 0 N–H and O–H groups in total. The van der Waals surface area contributed by atoms with Gasteiger partial charge >= 0.3 is 0 Å². The monoisotopic (exact) mass is 276 g/mol. The second kappa shape index (κ2) is 7.20. The molecule has 1 aliphatic heterocycles. The number of amides is 1. The van der Waals surface area contributed by atoms with Crippen molar-refractivity contribution in [2.24, 2.45) is 0 Å². The van der Waals surface area contributed by atoms with Crippen molar-refractivity contribution in [3.63, 3.8) is 0 Å². The number of likely N-dealkylation sites (N-methyl/N-ethyl adjacent to an activating group) is 1. The molecule has 1 aromatic carbocycles. The molecule has 4 heteroatoms. The van der Waals surface area contributed by atoms with Crippen molar-refractivity contribution in [3.8, 4) is 0 Å². The van der Waals surface area contributed by atoms with Crippen molar-refractivity contribution in [3.05, 3.63) is 41.7 Å². The van der Waals surface area contributed by atoms with Crippen molar-refractivity contribution in [2.75, 3.05) is 33.2 Å². The third kappa shape index (κ3) is 4.46. The summed E-state index contributed by atoms with van der Waals surface area (Å²) in [6.45, 7) is 3.40. The number of nitrogens with zero attached hydrogens (tertiary/aromatic N) is 2. The molecule has 0 unspecified atom stereocenters. The highest BCUT2D eigenvalue weighted by Crippen LogP contribution is 2.09. The zero-order chi connectivity index (χ0) is 14.4. The number of likely N-dealkylation sites (tertiary alicyclic amines) is 1. The molecule has 2 rings (SSSR count). The summed E-state index contributed by atoms with van der Waals surface area (Å²) in [5.41, 5.74) is 0.995. The Kier molecular flexibility index (Phi) is 5.30. The van der Waals surface area contributed by atoms with Crippen LogP contribution in [0.5, 0.6) is 0 Å². The number of carbonyl (C=O) groups excluding carboxylic acids is 1.